The molecule has 2 aliphatic rings. The number of thioether (sulfide) groups is 2. The molecule has 2 aromatic rings. The van der Waals surface area contributed by atoms with Crippen LogP contribution in [0, 0.1) is 5.41 Å². The second-order valence-corrected chi connectivity index (χ2v) is 11.6. The number of nitrogens with zero attached hydrogens (tertiary/aromatic N) is 6. The number of nitrogen functional groups attached to an aromatic ring is 1. The highest BCUT2D eigenvalue weighted by Gasteiger charge is 2.57. The van der Waals surface area contributed by atoms with Crippen LogP contribution in [0.3, 0.4) is 0 Å². The summed E-state index contributed by atoms with van der Waals surface area (Å²) in [5, 5.41) is 43.2. The number of anilines is 1. The Hall–Kier alpha value is -3.38. The highest BCUT2D eigenvalue weighted by atomic mass is 32.2. The van der Waals surface area contributed by atoms with Crippen molar-refractivity contribution < 1.29 is 29.8 Å². The molecule has 18 heteroatoms. The molecule has 0 saturated carbocycles. The van der Waals surface area contributed by atoms with Gasteiger partial charge in [0.25, 0.3) is 11.8 Å². The molecule has 2 amide bonds. The molecule has 0 bridgehead atoms. The standard InChI is InChI=1S/C20H24N8O7S3/c1-2-3-4-27-15(32)13(30)24-25-19(27)38-8-20(17(33)34)6-28-14(31)11(16(28)37-7-20)23-12(29)10(26-35)9-5-36-18(21)22-9/h5,11,16,35H,2-4,6-8H2,1H3,(H2,21,22)(H,23,29)(H,24,30)(H,33,34)/t11?,16-,20?/m1/s1. The van der Waals surface area contributed by atoms with Gasteiger partial charge in [-0.15, -0.1) is 33.3 Å². The number of aliphatic carboxylic acids is 1. The fourth-order valence-corrected chi connectivity index (χ4v) is 7.31. The number of aromatic nitrogens is 4. The number of carbonyl (C=O) groups excluding carboxylic acids is 2. The van der Waals surface area contributed by atoms with Gasteiger partial charge in [0.05, 0.1) is 0 Å². The smallest absolute Gasteiger partial charge is 0.316 e. The number of fused-ring (bicyclic) bond motifs is 1. The van der Waals surface area contributed by atoms with Gasteiger partial charge in [0.15, 0.2) is 16.0 Å². The minimum absolute atomic E-state index is 0.0134. The van der Waals surface area contributed by atoms with Crippen molar-refractivity contribution in [1.29, 1.82) is 0 Å². The first-order valence-corrected chi connectivity index (χ1v) is 14.2. The number of rotatable bonds is 10. The molecule has 3 atom stereocenters. The molecule has 2 aromatic heterocycles. The van der Waals surface area contributed by atoms with Gasteiger partial charge in [-0.25, -0.2) is 4.98 Å². The highest BCUT2D eigenvalue weighted by molar-refractivity contribution is 8.00. The van der Waals surface area contributed by atoms with Gasteiger partial charge in [-0.3, -0.25) is 23.7 Å². The number of β-lactam (4-membered cyclic amide) rings is 1. The van der Waals surface area contributed by atoms with Gasteiger partial charge in [0, 0.05) is 30.0 Å². The topological polar surface area (TPSA) is 226 Å². The fourth-order valence-electron chi connectivity index (χ4n) is 3.94. The van der Waals surface area contributed by atoms with Crippen LogP contribution in [0.2, 0.25) is 0 Å². The van der Waals surface area contributed by atoms with Crippen molar-refractivity contribution >= 4 is 63.5 Å². The van der Waals surface area contributed by atoms with Crippen LogP contribution in [-0.2, 0) is 20.9 Å². The van der Waals surface area contributed by atoms with E-state index < -0.39 is 51.8 Å². The molecule has 4 rings (SSSR count). The van der Waals surface area contributed by atoms with E-state index in [0.717, 1.165) is 29.5 Å². The predicted octanol–water partition coefficient (Wildman–Crippen LogP) is -0.376. The molecular formula is C20H24N8O7S3. The maximum atomic E-state index is 12.9. The Morgan fingerprint density at radius 3 is 2.76 bits per heavy atom. The zero-order chi connectivity index (χ0) is 27.6. The van der Waals surface area contributed by atoms with Crippen LogP contribution in [0.4, 0.5) is 5.13 Å². The average Bonchev–Trinajstić information content (AvgIpc) is 3.33. The lowest BCUT2D eigenvalue weighted by Gasteiger charge is -2.53. The number of carbonyl (C=O) groups is 3. The molecule has 0 radical (unpaired) electrons. The van der Waals surface area contributed by atoms with Crippen molar-refractivity contribution in [2.24, 2.45) is 10.6 Å². The normalized spacial score (nSPS) is 23.0. The molecule has 2 aliphatic heterocycles. The number of nitrogens with one attached hydrogen (secondary N) is 1. The van der Waals surface area contributed by atoms with Crippen molar-refractivity contribution in [1.82, 2.24) is 30.0 Å². The third-order valence-electron chi connectivity index (χ3n) is 6.08. The predicted molar refractivity (Wildman–Crippen MR) is 138 cm³/mol. The zero-order valence-electron chi connectivity index (χ0n) is 19.9. The molecule has 38 heavy (non-hydrogen) atoms. The van der Waals surface area contributed by atoms with Gasteiger partial charge < -0.3 is 31.4 Å². The third-order valence-corrected chi connectivity index (χ3v) is 9.59. The van der Waals surface area contributed by atoms with E-state index in [1.54, 1.807) is 0 Å². The Morgan fingerprint density at radius 1 is 1.37 bits per heavy atom. The van der Waals surface area contributed by atoms with E-state index in [1.165, 1.54) is 26.6 Å². The Kier molecular flexibility index (Phi) is 8.12. The number of nitrogens with two attached hydrogens (primary N) is 1. The van der Waals surface area contributed by atoms with Gasteiger partial charge >= 0.3 is 11.5 Å². The number of unbranched alkanes of at least 4 members (excludes halogenated alkanes) is 1. The van der Waals surface area contributed by atoms with E-state index in [-0.39, 0.29) is 40.6 Å². The van der Waals surface area contributed by atoms with Gasteiger partial charge in [-0.05, 0) is 6.42 Å². The van der Waals surface area contributed by atoms with Crippen molar-refractivity contribution in [3.05, 3.63) is 21.4 Å². The zero-order valence-corrected chi connectivity index (χ0v) is 22.4. The molecule has 2 unspecified atom stereocenters. The van der Waals surface area contributed by atoms with E-state index in [2.05, 4.69) is 25.7 Å². The maximum Gasteiger partial charge on any atom is 0.316 e. The van der Waals surface area contributed by atoms with Gasteiger partial charge in [0.2, 0.25) is 5.91 Å². The summed E-state index contributed by atoms with van der Waals surface area (Å²) in [5.41, 5.74) is 3.16. The number of aromatic hydroxyl groups is 1. The molecule has 0 aromatic carbocycles. The van der Waals surface area contributed by atoms with Crippen LogP contribution in [0.5, 0.6) is 5.88 Å². The number of hydrogen-bond donors (Lipinski definition) is 5. The van der Waals surface area contributed by atoms with Crippen molar-refractivity contribution in [2.45, 2.75) is 42.9 Å². The average molecular weight is 585 g/mol. The Morgan fingerprint density at radius 2 is 2.13 bits per heavy atom. The second kappa shape index (κ2) is 11.2. The van der Waals surface area contributed by atoms with Crippen LogP contribution in [-0.4, -0.2) is 93.0 Å². The summed E-state index contributed by atoms with van der Waals surface area (Å²) in [6.45, 7) is 2.11. The summed E-state index contributed by atoms with van der Waals surface area (Å²) < 4.78 is 1.27. The van der Waals surface area contributed by atoms with Crippen molar-refractivity contribution in [2.75, 3.05) is 23.8 Å². The third kappa shape index (κ3) is 5.14. The fraction of sp³-hybridized carbons (Fsp3) is 0.500. The number of carboxylic acid groups (broad SMARTS) is 1. The summed E-state index contributed by atoms with van der Waals surface area (Å²) in [7, 11) is 0. The molecule has 6 N–H and O–H groups in total. The Labute approximate surface area is 227 Å². The van der Waals surface area contributed by atoms with Crippen LogP contribution in [0.15, 0.2) is 20.5 Å². The molecule has 4 heterocycles. The van der Waals surface area contributed by atoms with E-state index in [1.807, 2.05) is 6.92 Å². The van der Waals surface area contributed by atoms with Crippen molar-refractivity contribution in [3.8, 4) is 5.88 Å². The summed E-state index contributed by atoms with van der Waals surface area (Å²) in [4.78, 5) is 55.5. The van der Waals surface area contributed by atoms with E-state index >= 15 is 0 Å². The largest absolute Gasteiger partial charge is 0.488 e. The Bertz CT molecular complexity index is 1350. The molecule has 0 aliphatic carbocycles. The maximum absolute atomic E-state index is 12.9. The summed E-state index contributed by atoms with van der Waals surface area (Å²) in [6, 6.07) is -0.943. The number of thiazole rings is 1. The van der Waals surface area contributed by atoms with E-state index in [4.69, 9.17) is 5.73 Å². The lowest BCUT2D eigenvalue weighted by molar-refractivity contribution is -0.157. The number of amides is 2. The first-order chi connectivity index (χ1) is 18.1. The summed E-state index contributed by atoms with van der Waals surface area (Å²) in [5.74, 6) is -3.06. The minimum Gasteiger partial charge on any atom is -0.488 e. The molecule has 2 fully saturated rings. The Balaban J connectivity index is 1.45. The second-order valence-electron chi connectivity index (χ2n) is 8.63. The monoisotopic (exact) mass is 584 g/mol. The molecule has 0 spiro atoms. The number of carboxylic acids is 1. The van der Waals surface area contributed by atoms with Gasteiger partial charge in [0.1, 0.15) is 22.5 Å². The summed E-state index contributed by atoms with van der Waals surface area (Å²) in [6.07, 6.45) is 1.43. The highest BCUT2D eigenvalue weighted by Crippen LogP contribution is 2.44. The number of oxime groups is 1. The van der Waals surface area contributed by atoms with Crippen LogP contribution >= 0.6 is 34.9 Å². The molecule has 15 nitrogen and oxygen atoms in total. The quantitative estimate of drug-likeness (QED) is 0.0790. The SMILES string of the molecule is CCCCn1c(SCC2(C(=O)O)CS[C@@H]3C(NC(=O)C(=NO)c4csc(N)n4)C(=O)N3C2)nnc(O)c1=O. The van der Waals surface area contributed by atoms with Gasteiger partial charge in [-0.1, -0.05) is 30.3 Å². The molecule has 204 valence electrons. The first-order valence-electron chi connectivity index (χ1n) is 11.3. The number of hydrogen-bond acceptors (Lipinski definition) is 14. The lowest BCUT2D eigenvalue weighted by atomic mass is 9.89. The van der Waals surface area contributed by atoms with Crippen LogP contribution < -0.4 is 16.6 Å². The first kappa shape index (κ1) is 27.6. The molecular weight excluding hydrogens is 560 g/mol. The van der Waals surface area contributed by atoms with Crippen molar-refractivity contribution in [3.63, 3.8) is 0 Å². The summed E-state index contributed by atoms with van der Waals surface area (Å²) >= 11 is 3.27. The minimum atomic E-state index is -1.36. The molecule has 2 saturated heterocycles. The van der Waals surface area contributed by atoms with E-state index in [0.29, 0.717) is 6.42 Å². The van der Waals surface area contributed by atoms with E-state index in [9.17, 15) is 34.6 Å². The van der Waals surface area contributed by atoms with Gasteiger partial charge in [-0.2, -0.15) is 0 Å². The van der Waals surface area contributed by atoms with Crippen LogP contribution in [0.1, 0.15) is 25.5 Å². The lowest BCUT2D eigenvalue weighted by Crippen LogP contribution is -2.74. The van der Waals surface area contributed by atoms with Crippen LogP contribution in [0.25, 0.3) is 0 Å².